The lowest BCUT2D eigenvalue weighted by Crippen LogP contribution is -2.44. The summed E-state index contributed by atoms with van der Waals surface area (Å²) < 4.78 is 0. The highest BCUT2D eigenvalue weighted by Gasteiger charge is 2.22. The van der Waals surface area contributed by atoms with Crippen molar-refractivity contribution >= 4 is 33.3 Å². The van der Waals surface area contributed by atoms with Crippen molar-refractivity contribution in [3.05, 3.63) is 16.8 Å². The van der Waals surface area contributed by atoms with E-state index in [1.807, 2.05) is 14.1 Å². The Kier molecular flexibility index (Phi) is 4.15. The quantitative estimate of drug-likeness (QED) is 0.883. The number of hydrogen-bond donors (Lipinski definition) is 2. The number of carboxylic acids is 1. The fourth-order valence-corrected chi connectivity index (χ4v) is 2.86. The van der Waals surface area contributed by atoms with E-state index >= 15 is 0 Å². The van der Waals surface area contributed by atoms with E-state index in [9.17, 15) is 9.90 Å². The highest BCUT2D eigenvalue weighted by molar-refractivity contribution is 7.20. The third kappa shape index (κ3) is 2.98. The van der Waals surface area contributed by atoms with Crippen LogP contribution >= 0.6 is 11.3 Å². The zero-order valence-electron chi connectivity index (χ0n) is 12.9. The third-order valence-electron chi connectivity index (χ3n) is 3.82. The molecular formula is C14H20N4O2S. The Balaban J connectivity index is 2.39. The minimum absolute atomic E-state index is 0.0448. The van der Waals surface area contributed by atoms with E-state index in [-0.39, 0.29) is 5.54 Å². The molecule has 114 valence electrons. The lowest BCUT2D eigenvalue weighted by molar-refractivity contribution is 0.0701. The second-order valence-corrected chi connectivity index (χ2v) is 6.82. The first kappa shape index (κ1) is 15.7. The van der Waals surface area contributed by atoms with Gasteiger partial charge in [-0.1, -0.05) is 0 Å². The summed E-state index contributed by atoms with van der Waals surface area (Å²) >= 11 is 1.18. The molecule has 0 spiro atoms. The van der Waals surface area contributed by atoms with Gasteiger partial charge in [0.1, 0.15) is 21.9 Å². The van der Waals surface area contributed by atoms with Crippen LogP contribution in [0.4, 0.5) is 5.82 Å². The van der Waals surface area contributed by atoms with E-state index in [0.717, 1.165) is 5.39 Å². The van der Waals surface area contributed by atoms with Crippen molar-refractivity contribution in [3.8, 4) is 0 Å². The summed E-state index contributed by atoms with van der Waals surface area (Å²) in [5, 5.41) is 13.3. The number of fused-ring (bicyclic) bond motifs is 1. The monoisotopic (exact) mass is 308 g/mol. The van der Waals surface area contributed by atoms with E-state index in [1.54, 1.807) is 6.92 Å². The number of hydrogen-bond acceptors (Lipinski definition) is 6. The summed E-state index contributed by atoms with van der Waals surface area (Å²) in [6, 6.07) is 0. The van der Waals surface area contributed by atoms with Crippen molar-refractivity contribution in [1.82, 2.24) is 14.9 Å². The summed E-state index contributed by atoms with van der Waals surface area (Å²) in [5.41, 5.74) is 0.671. The molecule has 0 aliphatic heterocycles. The Bertz CT molecular complexity index is 679. The normalized spacial score (nSPS) is 12.1. The molecule has 0 radical (unpaired) electrons. The molecule has 0 saturated heterocycles. The van der Waals surface area contributed by atoms with Gasteiger partial charge < -0.3 is 15.3 Å². The van der Waals surface area contributed by atoms with Gasteiger partial charge in [-0.25, -0.2) is 14.8 Å². The average Bonchev–Trinajstić information content (AvgIpc) is 2.74. The van der Waals surface area contributed by atoms with Crippen LogP contribution in [-0.2, 0) is 0 Å². The SMILES string of the molecule is Cc1c(C(=O)O)sc2ncnc(NCC(C)(C)N(C)C)c12. The van der Waals surface area contributed by atoms with E-state index in [0.29, 0.717) is 27.6 Å². The largest absolute Gasteiger partial charge is 0.477 e. The molecule has 0 unspecified atom stereocenters. The minimum atomic E-state index is -0.921. The molecule has 7 heteroatoms. The average molecular weight is 308 g/mol. The van der Waals surface area contributed by atoms with Crippen LogP contribution in [0, 0.1) is 6.92 Å². The molecule has 2 aromatic rings. The van der Waals surface area contributed by atoms with Gasteiger partial charge in [0.05, 0.1) is 5.39 Å². The first-order valence-corrected chi connectivity index (χ1v) is 7.44. The van der Waals surface area contributed by atoms with Crippen molar-refractivity contribution in [2.24, 2.45) is 0 Å². The molecule has 0 fully saturated rings. The fraction of sp³-hybridized carbons (Fsp3) is 0.500. The van der Waals surface area contributed by atoms with Crippen LogP contribution in [0.2, 0.25) is 0 Å². The maximum Gasteiger partial charge on any atom is 0.346 e. The second-order valence-electron chi connectivity index (χ2n) is 5.82. The van der Waals surface area contributed by atoms with Crippen LogP contribution in [0.3, 0.4) is 0 Å². The number of likely N-dealkylation sites (N-methyl/N-ethyl adjacent to an activating group) is 1. The topological polar surface area (TPSA) is 78.3 Å². The summed E-state index contributed by atoms with van der Waals surface area (Å²) in [6.07, 6.45) is 1.47. The fourth-order valence-electron chi connectivity index (χ4n) is 1.87. The molecule has 0 aromatic carbocycles. The Morgan fingerprint density at radius 1 is 1.43 bits per heavy atom. The van der Waals surface area contributed by atoms with Gasteiger partial charge >= 0.3 is 5.97 Å². The van der Waals surface area contributed by atoms with Crippen molar-refractivity contribution in [3.63, 3.8) is 0 Å². The molecule has 2 heterocycles. The first-order valence-electron chi connectivity index (χ1n) is 6.62. The maximum absolute atomic E-state index is 11.2. The lowest BCUT2D eigenvalue weighted by Gasteiger charge is -2.32. The van der Waals surface area contributed by atoms with Crippen molar-refractivity contribution in [2.75, 3.05) is 26.0 Å². The zero-order valence-corrected chi connectivity index (χ0v) is 13.7. The number of rotatable bonds is 5. The molecule has 0 atom stereocenters. The van der Waals surface area contributed by atoms with E-state index in [1.165, 1.54) is 17.7 Å². The Labute approximate surface area is 127 Å². The van der Waals surface area contributed by atoms with Gasteiger partial charge in [0.2, 0.25) is 0 Å². The predicted molar refractivity (Wildman–Crippen MR) is 85.4 cm³/mol. The Hall–Kier alpha value is -1.73. The lowest BCUT2D eigenvalue weighted by atomic mass is 10.0. The molecule has 2 aromatic heterocycles. The van der Waals surface area contributed by atoms with Crippen LogP contribution in [-0.4, -0.2) is 52.1 Å². The number of aromatic carboxylic acids is 1. The summed E-state index contributed by atoms with van der Waals surface area (Å²) in [5.74, 6) is -0.230. The van der Waals surface area contributed by atoms with E-state index in [2.05, 4.69) is 34.0 Å². The summed E-state index contributed by atoms with van der Waals surface area (Å²) in [4.78, 5) is 22.8. The van der Waals surface area contributed by atoms with Gasteiger partial charge in [0.15, 0.2) is 0 Å². The number of nitrogens with zero attached hydrogens (tertiary/aromatic N) is 3. The molecular weight excluding hydrogens is 288 g/mol. The second kappa shape index (κ2) is 5.57. The molecule has 0 aliphatic carbocycles. The summed E-state index contributed by atoms with van der Waals surface area (Å²) in [6.45, 7) is 6.75. The number of nitrogens with one attached hydrogen (secondary N) is 1. The molecule has 0 aliphatic rings. The van der Waals surface area contributed by atoms with Gasteiger partial charge in [-0.3, -0.25) is 0 Å². The number of carbonyl (C=O) groups is 1. The maximum atomic E-state index is 11.2. The van der Waals surface area contributed by atoms with Crippen molar-refractivity contribution in [1.29, 1.82) is 0 Å². The molecule has 2 rings (SSSR count). The van der Waals surface area contributed by atoms with Crippen LogP contribution in [0.1, 0.15) is 29.1 Å². The Morgan fingerprint density at radius 3 is 2.67 bits per heavy atom. The number of aryl methyl sites for hydroxylation is 1. The number of aromatic nitrogens is 2. The van der Waals surface area contributed by atoms with Crippen LogP contribution in [0.25, 0.3) is 10.2 Å². The molecule has 0 bridgehead atoms. The van der Waals surface area contributed by atoms with Crippen molar-refractivity contribution in [2.45, 2.75) is 26.3 Å². The zero-order chi connectivity index (χ0) is 15.8. The predicted octanol–water partition coefficient (Wildman–Crippen LogP) is 2.45. The molecule has 21 heavy (non-hydrogen) atoms. The van der Waals surface area contributed by atoms with Crippen LogP contribution in [0.15, 0.2) is 6.33 Å². The highest BCUT2D eigenvalue weighted by atomic mass is 32.1. The van der Waals surface area contributed by atoms with Crippen molar-refractivity contribution < 1.29 is 9.90 Å². The first-order chi connectivity index (χ1) is 9.74. The minimum Gasteiger partial charge on any atom is -0.477 e. The molecule has 0 saturated carbocycles. The van der Waals surface area contributed by atoms with Gasteiger partial charge in [0.25, 0.3) is 0 Å². The Morgan fingerprint density at radius 2 is 2.10 bits per heavy atom. The molecule has 6 nitrogen and oxygen atoms in total. The highest BCUT2D eigenvalue weighted by Crippen LogP contribution is 2.33. The third-order valence-corrected chi connectivity index (χ3v) is 5.01. The van der Waals surface area contributed by atoms with E-state index in [4.69, 9.17) is 0 Å². The number of anilines is 1. The summed E-state index contributed by atoms with van der Waals surface area (Å²) in [7, 11) is 4.05. The van der Waals surface area contributed by atoms with Crippen LogP contribution < -0.4 is 5.32 Å². The van der Waals surface area contributed by atoms with Gasteiger partial charge in [-0.15, -0.1) is 11.3 Å². The van der Waals surface area contributed by atoms with Gasteiger partial charge in [-0.05, 0) is 40.4 Å². The number of thiophene rings is 1. The van der Waals surface area contributed by atoms with Crippen LogP contribution in [0.5, 0.6) is 0 Å². The molecule has 0 amide bonds. The standard InChI is InChI=1S/C14H20N4O2S/c1-8-9-11(15-6-14(2,3)18(4)5)16-7-17-12(9)21-10(8)13(19)20/h7H,6H2,1-5H3,(H,19,20)(H,15,16,17). The van der Waals surface area contributed by atoms with Gasteiger partial charge in [0, 0.05) is 12.1 Å². The molecule has 2 N–H and O–H groups in total. The van der Waals surface area contributed by atoms with Gasteiger partial charge in [-0.2, -0.15) is 0 Å². The smallest absolute Gasteiger partial charge is 0.346 e. The number of carboxylic acid groups (broad SMARTS) is 1. The van der Waals surface area contributed by atoms with E-state index < -0.39 is 5.97 Å².